The summed E-state index contributed by atoms with van der Waals surface area (Å²) in [7, 11) is -5.19. The van der Waals surface area contributed by atoms with E-state index in [-0.39, 0.29) is 0 Å². The van der Waals surface area contributed by atoms with Gasteiger partial charge in [-0.3, -0.25) is 0 Å². The first-order chi connectivity index (χ1) is 8.75. The number of aliphatic imine (C=N–C) groups is 2. The van der Waals surface area contributed by atoms with Crippen LogP contribution >= 0.6 is 0 Å². The van der Waals surface area contributed by atoms with E-state index in [1.165, 1.54) is 0 Å². The van der Waals surface area contributed by atoms with Gasteiger partial charge in [0.15, 0.2) is 8.32 Å². The van der Waals surface area contributed by atoms with E-state index in [0.717, 1.165) is 0 Å². The van der Waals surface area contributed by atoms with Crippen LogP contribution in [0.5, 0.6) is 0 Å². The molecular weight excluding hydrogens is 304 g/mol. The number of hydrogen-bond donors (Lipinski definition) is 0. The molecule has 0 radical (unpaired) electrons. The molecule has 1 unspecified atom stereocenters. The monoisotopic (exact) mass is 332 g/mol. The van der Waals surface area contributed by atoms with Gasteiger partial charge in [0.05, 0.1) is 0 Å². The highest BCUT2D eigenvalue weighted by atomic mass is 28.4. The van der Waals surface area contributed by atoms with E-state index in [9.17, 15) is 0 Å². The fraction of sp³-hybridized carbons (Fsp3) is 0.833. The van der Waals surface area contributed by atoms with Crippen LogP contribution < -0.4 is 0 Å². The molecule has 8 heteroatoms. The van der Waals surface area contributed by atoms with Crippen molar-refractivity contribution in [3.8, 4) is 0 Å². The molecule has 20 heavy (non-hydrogen) atoms. The van der Waals surface area contributed by atoms with Crippen molar-refractivity contribution >= 4 is 36.9 Å². The first-order valence-corrected chi connectivity index (χ1v) is 17.2. The van der Waals surface area contributed by atoms with Gasteiger partial charge in [0.2, 0.25) is 28.8 Å². The molecule has 0 aromatic carbocycles. The van der Waals surface area contributed by atoms with Gasteiger partial charge in [0.1, 0.15) is 0 Å². The van der Waals surface area contributed by atoms with Crippen molar-refractivity contribution in [2.45, 2.75) is 65.2 Å². The van der Waals surface area contributed by atoms with Crippen LogP contribution in [-0.4, -0.2) is 43.1 Å². The summed E-state index contributed by atoms with van der Waals surface area (Å²) in [5.74, 6) is 0.569. The highest BCUT2D eigenvalue weighted by Gasteiger charge is 2.35. The molecule has 1 atom stereocenters. The molecule has 0 bridgehead atoms. The normalized spacial score (nSPS) is 20.6. The van der Waals surface area contributed by atoms with Crippen molar-refractivity contribution < 1.29 is 13.3 Å². The predicted octanol–water partition coefficient (Wildman–Crippen LogP) is 3.64. The molecule has 0 N–H and O–H groups in total. The summed E-state index contributed by atoms with van der Waals surface area (Å²) in [4.78, 5) is 8.87. The number of amidine groups is 1. The van der Waals surface area contributed by atoms with Crippen molar-refractivity contribution in [2.24, 2.45) is 9.98 Å². The fourth-order valence-electron chi connectivity index (χ4n) is 1.46. The van der Waals surface area contributed by atoms with Crippen LogP contribution in [0, 0.1) is 0 Å². The molecule has 0 spiro atoms. The second-order valence-electron chi connectivity index (χ2n) is 7.87. The Labute approximate surface area is 125 Å². The second-order valence-corrected chi connectivity index (χ2v) is 21.2. The average molecular weight is 333 g/mol. The second kappa shape index (κ2) is 5.74. The lowest BCUT2D eigenvalue weighted by Crippen LogP contribution is -2.39. The Morgan fingerprint density at radius 1 is 0.750 bits per heavy atom. The van der Waals surface area contributed by atoms with Crippen molar-refractivity contribution in [3.05, 3.63) is 0 Å². The van der Waals surface area contributed by atoms with Gasteiger partial charge in [-0.15, -0.1) is 0 Å². The minimum atomic E-state index is -1.74. The number of hydrogen-bond acceptors (Lipinski definition) is 5. The Morgan fingerprint density at radius 3 is 1.65 bits per heavy atom. The standard InChI is InChI=1S/C12H28N2O3Si3/c1-18(2,3)15-10-11(16-19(4,5)6)14-12(13-10)17-20(7,8)9/h10H,1-9H3. The molecule has 0 fully saturated rings. The van der Waals surface area contributed by atoms with Crippen LogP contribution in [0.3, 0.4) is 0 Å². The zero-order valence-corrected chi connectivity index (χ0v) is 17.2. The number of nitrogens with zero attached hydrogens (tertiary/aromatic N) is 2. The van der Waals surface area contributed by atoms with Crippen LogP contribution in [0.25, 0.3) is 0 Å². The third kappa shape index (κ3) is 6.82. The van der Waals surface area contributed by atoms with Gasteiger partial charge in [-0.2, -0.15) is 9.98 Å². The Balaban J connectivity index is 2.91. The molecule has 1 rings (SSSR count). The first kappa shape index (κ1) is 17.6. The quantitative estimate of drug-likeness (QED) is 0.739. The third-order valence-electron chi connectivity index (χ3n) is 1.92. The molecule has 0 amide bonds. The fourth-order valence-corrected chi connectivity index (χ4v) is 3.70. The molecule has 0 saturated heterocycles. The summed E-state index contributed by atoms with van der Waals surface area (Å²) in [5, 5.41) is 0. The molecule has 1 aliphatic heterocycles. The van der Waals surface area contributed by atoms with Crippen molar-refractivity contribution in [1.29, 1.82) is 0 Å². The Bertz CT molecular complexity index is 417. The Hall–Kier alpha value is -0.449. The van der Waals surface area contributed by atoms with Crippen LogP contribution in [0.15, 0.2) is 9.98 Å². The van der Waals surface area contributed by atoms with E-state index in [4.69, 9.17) is 13.3 Å². The van der Waals surface area contributed by atoms with Crippen LogP contribution in [0.4, 0.5) is 0 Å². The van der Waals surface area contributed by atoms with E-state index >= 15 is 0 Å². The summed E-state index contributed by atoms with van der Waals surface area (Å²) in [6, 6.07) is 0.417. The minimum Gasteiger partial charge on any atom is -0.531 e. The molecule has 5 nitrogen and oxygen atoms in total. The highest BCUT2D eigenvalue weighted by Crippen LogP contribution is 2.20. The molecule has 0 aliphatic carbocycles. The maximum atomic E-state index is 6.06. The lowest BCUT2D eigenvalue weighted by Gasteiger charge is -2.25. The molecular formula is C12H28N2O3Si3. The summed E-state index contributed by atoms with van der Waals surface area (Å²) in [5.41, 5.74) is 0. The van der Waals surface area contributed by atoms with Crippen LogP contribution in [0.1, 0.15) is 0 Å². The van der Waals surface area contributed by atoms with E-state index in [0.29, 0.717) is 11.9 Å². The SMILES string of the molecule is C[Si](C)(C)OC1=NC(O[Si](C)(C)C)C(O[Si](C)(C)C)=N1. The Kier molecular flexibility index (Phi) is 5.05. The molecule has 0 aromatic rings. The van der Waals surface area contributed by atoms with E-state index in [1.807, 2.05) is 0 Å². The topological polar surface area (TPSA) is 52.4 Å². The highest BCUT2D eigenvalue weighted by molar-refractivity contribution is 6.72. The van der Waals surface area contributed by atoms with Crippen molar-refractivity contribution in [2.75, 3.05) is 0 Å². The lowest BCUT2D eigenvalue weighted by molar-refractivity contribution is 0.249. The smallest absolute Gasteiger partial charge is 0.303 e. The van der Waals surface area contributed by atoms with Crippen LogP contribution in [0.2, 0.25) is 58.9 Å². The van der Waals surface area contributed by atoms with Gasteiger partial charge in [0, 0.05) is 0 Å². The summed E-state index contributed by atoms with van der Waals surface area (Å²) < 4.78 is 17.9. The largest absolute Gasteiger partial charge is 0.531 e. The third-order valence-corrected chi connectivity index (χ3v) is 4.47. The molecule has 1 heterocycles. The Morgan fingerprint density at radius 2 is 1.25 bits per heavy atom. The molecule has 1 aliphatic rings. The van der Waals surface area contributed by atoms with Gasteiger partial charge in [-0.25, -0.2) is 0 Å². The van der Waals surface area contributed by atoms with Crippen molar-refractivity contribution in [3.63, 3.8) is 0 Å². The van der Waals surface area contributed by atoms with Gasteiger partial charge in [0.25, 0.3) is 0 Å². The zero-order valence-electron chi connectivity index (χ0n) is 14.2. The summed E-state index contributed by atoms with van der Waals surface area (Å²) in [6.45, 7) is 19.1. The zero-order chi connectivity index (χ0) is 15.8. The van der Waals surface area contributed by atoms with E-state index in [2.05, 4.69) is 68.9 Å². The van der Waals surface area contributed by atoms with E-state index in [1.54, 1.807) is 0 Å². The number of rotatable bonds is 4. The lowest BCUT2D eigenvalue weighted by atomic mass is 10.6. The summed E-state index contributed by atoms with van der Waals surface area (Å²) in [6.07, 6.45) is -0.431. The molecule has 0 saturated carbocycles. The summed E-state index contributed by atoms with van der Waals surface area (Å²) >= 11 is 0. The average Bonchev–Trinajstić information content (AvgIpc) is 2.37. The van der Waals surface area contributed by atoms with E-state index < -0.39 is 31.2 Å². The molecule has 116 valence electrons. The van der Waals surface area contributed by atoms with Crippen LogP contribution in [-0.2, 0) is 13.3 Å². The maximum Gasteiger partial charge on any atom is 0.303 e. The van der Waals surface area contributed by atoms with Gasteiger partial charge in [-0.05, 0) is 58.9 Å². The first-order valence-electron chi connectivity index (χ1n) is 6.97. The van der Waals surface area contributed by atoms with Gasteiger partial charge >= 0.3 is 6.02 Å². The minimum absolute atomic E-state index is 0.417. The van der Waals surface area contributed by atoms with Crippen molar-refractivity contribution in [1.82, 2.24) is 0 Å². The van der Waals surface area contributed by atoms with Gasteiger partial charge < -0.3 is 13.3 Å². The predicted molar refractivity (Wildman–Crippen MR) is 92.0 cm³/mol. The maximum absolute atomic E-state index is 6.06. The van der Waals surface area contributed by atoms with Gasteiger partial charge in [-0.1, -0.05) is 0 Å². The molecule has 0 aromatic heterocycles.